The van der Waals surface area contributed by atoms with Crippen molar-refractivity contribution in [2.24, 2.45) is 0 Å². The van der Waals surface area contributed by atoms with E-state index in [1.54, 1.807) is 36.4 Å². The Labute approximate surface area is 161 Å². The summed E-state index contributed by atoms with van der Waals surface area (Å²) in [5, 5.41) is 29.5. The largest absolute Gasteiger partial charge is 0.508 e. The van der Waals surface area contributed by atoms with Gasteiger partial charge in [0.2, 0.25) is 0 Å². The maximum absolute atomic E-state index is 12.3. The lowest BCUT2D eigenvalue weighted by molar-refractivity contribution is 0.0977. The summed E-state index contributed by atoms with van der Waals surface area (Å²) in [5.74, 6) is -0.278. The monoisotopic (exact) mass is 384 g/mol. The molecule has 0 fully saturated rings. The molecule has 0 aliphatic carbocycles. The maximum Gasteiger partial charge on any atom is 0.170 e. The van der Waals surface area contributed by atoms with Gasteiger partial charge in [-0.3, -0.25) is 4.79 Å². The van der Waals surface area contributed by atoms with E-state index in [1.165, 1.54) is 0 Å². The summed E-state index contributed by atoms with van der Waals surface area (Å²) in [7, 11) is 0. The van der Waals surface area contributed by atoms with E-state index < -0.39 is 17.3 Å². The molecular formula is C21H17ClO5. The summed E-state index contributed by atoms with van der Waals surface area (Å²) in [4.78, 5) is 12.3. The standard InChI is InChI=1S/C21H17ClO5/c22-14-4-8-17(9-5-14)27-16-6-1-13(2-7-16)3-10-18(24)21-19(25)11-15(23)12-20(21)26/h1-2,4-9,11-12,23,25-26H,3,10H2. The molecule has 0 unspecified atom stereocenters. The molecule has 3 rings (SSSR count). The van der Waals surface area contributed by atoms with Crippen LogP contribution in [0.3, 0.4) is 0 Å². The average molecular weight is 385 g/mol. The van der Waals surface area contributed by atoms with Crippen molar-refractivity contribution in [1.29, 1.82) is 0 Å². The summed E-state index contributed by atoms with van der Waals surface area (Å²) in [6, 6.07) is 16.3. The summed E-state index contributed by atoms with van der Waals surface area (Å²) in [5.41, 5.74) is 0.722. The highest BCUT2D eigenvalue weighted by Crippen LogP contribution is 2.33. The molecule has 0 saturated carbocycles. The molecule has 0 amide bonds. The van der Waals surface area contributed by atoms with Gasteiger partial charge in [-0.2, -0.15) is 0 Å². The second-order valence-electron chi connectivity index (χ2n) is 5.98. The third-order valence-corrected chi connectivity index (χ3v) is 4.23. The molecule has 0 aromatic heterocycles. The van der Waals surface area contributed by atoms with Crippen LogP contribution in [0.25, 0.3) is 0 Å². The van der Waals surface area contributed by atoms with Gasteiger partial charge in [0.15, 0.2) is 5.78 Å². The van der Waals surface area contributed by atoms with Gasteiger partial charge in [0.1, 0.15) is 34.3 Å². The van der Waals surface area contributed by atoms with Crippen molar-refractivity contribution in [2.45, 2.75) is 12.8 Å². The molecule has 0 saturated heterocycles. The quantitative estimate of drug-likeness (QED) is 0.517. The van der Waals surface area contributed by atoms with Crippen molar-refractivity contribution in [3.63, 3.8) is 0 Å². The first kappa shape index (κ1) is 18.6. The highest BCUT2D eigenvalue weighted by Gasteiger charge is 2.17. The van der Waals surface area contributed by atoms with E-state index >= 15 is 0 Å². The van der Waals surface area contributed by atoms with Gasteiger partial charge in [0.05, 0.1) is 0 Å². The summed E-state index contributed by atoms with van der Waals surface area (Å²) in [6.45, 7) is 0. The smallest absolute Gasteiger partial charge is 0.170 e. The number of carbonyl (C=O) groups excluding carboxylic acids is 1. The lowest BCUT2D eigenvalue weighted by atomic mass is 10.0. The Bertz CT molecular complexity index is 926. The first-order valence-electron chi connectivity index (χ1n) is 8.23. The van der Waals surface area contributed by atoms with Gasteiger partial charge in [-0.15, -0.1) is 0 Å². The fourth-order valence-corrected chi connectivity index (χ4v) is 2.75. The number of hydrogen-bond acceptors (Lipinski definition) is 5. The number of ketones is 1. The minimum Gasteiger partial charge on any atom is -0.508 e. The van der Waals surface area contributed by atoms with Crippen LogP contribution < -0.4 is 4.74 Å². The molecule has 0 bridgehead atoms. The van der Waals surface area contributed by atoms with E-state index in [1.807, 2.05) is 12.1 Å². The molecule has 0 heterocycles. The normalized spacial score (nSPS) is 10.6. The zero-order valence-electron chi connectivity index (χ0n) is 14.2. The van der Waals surface area contributed by atoms with Gasteiger partial charge < -0.3 is 20.1 Å². The second-order valence-corrected chi connectivity index (χ2v) is 6.42. The summed E-state index contributed by atoms with van der Waals surface area (Å²) >= 11 is 5.84. The second kappa shape index (κ2) is 8.01. The minimum absolute atomic E-state index is 0.100. The zero-order chi connectivity index (χ0) is 19.4. The molecular weight excluding hydrogens is 368 g/mol. The molecule has 6 heteroatoms. The third-order valence-electron chi connectivity index (χ3n) is 3.97. The number of Topliss-reactive ketones (excluding diaryl/α,β-unsaturated/α-hetero) is 1. The average Bonchev–Trinajstić information content (AvgIpc) is 2.62. The zero-order valence-corrected chi connectivity index (χ0v) is 15.0. The summed E-state index contributed by atoms with van der Waals surface area (Å²) in [6.07, 6.45) is 0.531. The van der Waals surface area contributed by atoms with E-state index in [0.717, 1.165) is 17.7 Å². The SMILES string of the molecule is O=C(CCc1ccc(Oc2ccc(Cl)cc2)cc1)c1c(O)cc(O)cc1O. The minimum atomic E-state index is -0.441. The van der Waals surface area contributed by atoms with Crippen LogP contribution in [0.1, 0.15) is 22.3 Å². The Morgan fingerprint density at radius 1 is 0.852 bits per heavy atom. The van der Waals surface area contributed by atoms with Crippen LogP contribution >= 0.6 is 11.6 Å². The van der Waals surface area contributed by atoms with Crippen LogP contribution in [0.4, 0.5) is 0 Å². The van der Waals surface area contributed by atoms with Gasteiger partial charge in [0, 0.05) is 23.6 Å². The topological polar surface area (TPSA) is 87.0 Å². The molecule has 0 spiro atoms. The van der Waals surface area contributed by atoms with Crippen LogP contribution in [-0.4, -0.2) is 21.1 Å². The molecule has 5 nitrogen and oxygen atoms in total. The molecule has 27 heavy (non-hydrogen) atoms. The van der Waals surface area contributed by atoms with Gasteiger partial charge in [-0.1, -0.05) is 23.7 Å². The number of phenols is 3. The van der Waals surface area contributed by atoms with E-state index in [4.69, 9.17) is 16.3 Å². The van der Waals surface area contributed by atoms with E-state index in [2.05, 4.69) is 0 Å². The molecule has 0 aliphatic heterocycles. The number of ether oxygens (including phenoxy) is 1. The van der Waals surface area contributed by atoms with Crippen LogP contribution in [-0.2, 0) is 6.42 Å². The van der Waals surface area contributed by atoms with Gasteiger partial charge in [-0.05, 0) is 48.4 Å². The van der Waals surface area contributed by atoms with Gasteiger partial charge in [0.25, 0.3) is 0 Å². The van der Waals surface area contributed by atoms with Crippen molar-refractivity contribution in [2.75, 3.05) is 0 Å². The molecule has 0 atom stereocenters. The Balaban J connectivity index is 1.62. The van der Waals surface area contributed by atoms with Crippen LogP contribution in [0.2, 0.25) is 5.02 Å². The molecule has 3 aromatic carbocycles. The summed E-state index contributed by atoms with van der Waals surface area (Å²) < 4.78 is 5.71. The number of aromatic hydroxyl groups is 3. The van der Waals surface area contributed by atoms with Crippen LogP contribution in [0, 0.1) is 0 Å². The predicted molar refractivity (Wildman–Crippen MR) is 102 cm³/mol. The Hall–Kier alpha value is -3.18. The first-order valence-corrected chi connectivity index (χ1v) is 8.60. The highest BCUT2D eigenvalue weighted by atomic mass is 35.5. The fraction of sp³-hybridized carbons (Fsp3) is 0.0952. The molecule has 0 radical (unpaired) electrons. The first-order chi connectivity index (χ1) is 12.9. The lowest BCUT2D eigenvalue weighted by Gasteiger charge is -2.08. The van der Waals surface area contributed by atoms with Crippen molar-refractivity contribution in [1.82, 2.24) is 0 Å². The molecule has 138 valence electrons. The fourth-order valence-electron chi connectivity index (χ4n) is 2.63. The molecule has 3 N–H and O–H groups in total. The predicted octanol–water partition coefficient (Wildman–Crippen LogP) is 5.06. The van der Waals surface area contributed by atoms with Crippen LogP contribution in [0.15, 0.2) is 60.7 Å². The number of aryl methyl sites for hydroxylation is 1. The number of hydrogen-bond donors (Lipinski definition) is 3. The van der Waals surface area contributed by atoms with Crippen LogP contribution in [0.5, 0.6) is 28.7 Å². The number of carbonyl (C=O) groups is 1. The number of halogens is 1. The maximum atomic E-state index is 12.3. The Morgan fingerprint density at radius 3 is 1.93 bits per heavy atom. The van der Waals surface area contributed by atoms with E-state index in [0.29, 0.717) is 22.9 Å². The Morgan fingerprint density at radius 2 is 1.37 bits per heavy atom. The van der Waals surface area contributed by atoms with Crippen molar-refractivity contribution < 1.29 is 24.9 Å². The number of rotatable bonds is 6. The van der Waals surface area contributed by atoms with Gasteiger partial charge in [-0.25, -0.2) is 0 Å². The van der Waals surface area contributed by atoms with E-state index in [9.17, 15) is 20.1 Å². The number of benzene rings is 3. The lowest BCUT2D eigenvalue weighted by Crippen LogP contribution is -2.02. The van der Waals surface area contributed by atoms with Crippen molar-refractivity contribution in [3.05, 3.63) is 76.8 Å². The molecule has 3 aromatic rings. The molecule has 0 aliphatic rings. The third kappa shape index (κ3) is 4.71. The highest BCUT2D eigenvalue weighted by molar-refractivity contribution is 6.30. The van der Waals surface area contributed by atoms with E-state index in [-0.39, 0.29) is 17.7 Å². The number of phenolic OH excluding ortho intramolecular Hbond substituents is 3. The Kier molecular flexibility index (Phi) is 5.52. The van der Waals surface area contributed by atoms with Crippen molar-refractivity contribution in [3.8, 4) is 28.7 Å². The van der Waals surface area contributed by atoms with Gasteiger partial charge >= 0.3 is 0 Å². The van der Waals surface area contributed by atoms with Crippen molar-refractivity contribution >= 4 is 17.4 Å².